The summed E-state index contributed by atoms with van der Waals surface area (Å²) in [4.78, 5) is 17.4. The number of nitrogens with one attached hydrogen (secondary N) is 1. The number of nitrogens with zero attached hydrogens (tertiary/aromatic N) is 3. The Morgan fingerprint density at radius 3 is 2.56 bits per heavy atom. The summed E-state index contributed by atoms with van der Waals surface area (Å²) in [6, 6.07) is 9.62. The van der Waals surface area contributed by atoms with Crippen molar-refractivity contribution in [3.05, 3.63) is 69.0 Å². The van der Waals surface area contributed by atoms with Gasteiger partial charge in [0, 0.05) is 31.2 Å². The van der Waals surface area contributed by atoms with Gasteiger partial charge in [0.05, 0.1) is 28.3 Å². The average molecular weight is 626 g/mol. The second-order valence-corrected chi connectivity index (χ2v) is 13.0. The predicted molar refractivity (Wildman–Crippen MR) is 157 cm³/mol. The van der Waals surface area contributed by atoms with Gasteiger partial charge in [0.2, 0.25) is 0 Å². The largest absolute Gasteiger partial charge is 0.488 e. The van der Waals surface area contributed by atoms with Gasteiger partial charge < -0.3 is 19.3 Å². The molecule has 0 aliphatic carbocycles. The van der Waals surface area contributed by atoms with E-state index in [-0.39, 0.29) is 52.1 Å². The van der Waals surface area contributed by atoms with Crippen LogP contribution in [-0.4, -0.2) is 73.3 Å². The minimum absolute atomic E-state index is 0.0544. The summed E-state index contributed by atoms with van der Waals surface area (Å²) in [5.41, 5.74) is 1.58. The number of carbonyl (C=O) groups is 1. The average Bonchev–Trinajstić information content (AvgIpc) is 3.26. The van der Waals surface area contributed by atoms with Crippen LogP contribution in [0, 0.1) is 19.8 Å². The fourth-order valence-corrected chi connectivity index (χ4v) is 6.59. The highest BCUT2D eigenvalue weighted by Gasteiger charge is 2.34. The molecule has 3 aromatic rings. The molecule has 2 aromatic carbocycles. The van der Waals surface area contributed by atoms with Crippen LogP contribution in [0.4, 0.5) is 5.69 Å². The SMILES string of the molecule is Cc1noc(C)c1S(=O)(=O)Nc1ccc2c(c1)C(=O)N([C@@H](C)CO)C[C@H](C)[C@@H](CN(C)Cc1ccc(Cl)c(Cl)c1)O2. The van der Waals surface area contributed by atoms with Crippen LogP contribution >= 0.6 is 23.2 Å². The number of sulfonamides is 1. The molecule has 0 spiro atoms. The van der Waals surface area contributed by atoms with E-state index in [1.807, 2.05) is 26.1 Å². The summed E-state index contributed by atoms with van der Waals surface area (Å²) in [5, 5.41) is 14.6. The van der Waals surface area contributed by atoms with Gasteiger partial charge in [-0.1, -0.05) is 41.3 Å². The number of hydrogen-bond acceptors (Lipinski definition) is 8. The molecule has 4 rings (SSSR count). The van der Waals surface area contributed by atoms with E-state index >= 15 is 0 Å². The number of amides is 1. The van der Waals surface area contributed by atoms with Gasteiger partial charge in [-0.25, -0.2) is 8.42 Å². The zero-order valence-corrected chi connectivity index (χ0v) is 25.8. The number of halogens is 2. The van der Waals surface area contributed by atoms with E-state index in [0.717, 1.165) is 5.56 Å². The van der Waals surface area contributed by atoms with Gasteiger partial charge in [0.25, 0.3) is 15.9 Å². The second kappa shape index (κ2) is 12.6. The standard InChI is InChI=1S/C28H34Cl2N4O6S/c1-16-12-34(17(2)15-35)28(36)22-11-21(32-41(37,38)27-18(3)31-40-19(27)4)7-9-25(22)39-26(16)14-33(5)13-20-6-8-23(29)24(30)10-20/h6-11,16-17,26,32,35H,12-15H2,1-5H3/t16-,17-,26+/m0/s1. The molecule has 1 aliphatic rings. The maximum absolute atomic E-state index is 13.7. The van der Waals surface area contributed by atoms with E-state index < -0.39 is 16.1 Å². The number of aliphatic hydroxyl groups is 1. The van der Waals surface area contributed by atoms with E-state index in [1.165, 1.54) is 19.9 Å². The van der Waals surface area contributed by atoms with Gasteiger partial charge in [-0.15, -0.1) is 0 Å². The molecule has 3 atom stereocenters. The lowest BCUT2D eigenvalue weighted by atomic mass is 9.99. The number of aliphatic hydroxyl groups excluding tert-OH is 1. The van der Waals surface area contributed by atoms with Crippen molar-refractivity contribution >= 4 is 44.8 Å². The maximum atomic E-state index is 13.7. The Hall–Kier alpha value is -2.83. The van der Waals surface area contributed by atoms with E-state index in [4.69, 9.17) is 32.5 Å². The monoisotopic (exact) mass is 624 g/mol. The molecule has 0 saturated heterocycles. The van der Waals surface area contributed by atoms with Crippen LogP contribution in [0.15, 0.2) is 45.8 Å². The van der Waals surface area contributed by atoms with Crippen molar-refractivity contribution < 1.29 is 27.6 Å². The Balaban J connectivity index is 1.64. The van der Waals surface area contributed by atoms with Gasteiger partial charge in [-0.2, -0.15) is 0 Å². The number of carbonyl (C=O) groups excluding carboxylic acids is 1. The number of anilines is 1. The highest BCUT2D eigenvalue weighted by atomic mass is 35.5. The molecule has 41 heavy (non-hydrogen) atoms. The molecule has 1 amide bonds. The fraction of sp³-hybridized carbons (Fsp3) is 0.429. The molecule has 2 heterocycles. The van der Waals surface area contributed by atoms with Gasteiger partial charge in [0.1, 0.15) is 17.5 Å². The van der Waals surface area contributed by atoms with Crippen molar-refractivity contribution in [2.45, 2.75) is 51.3 Å². The first-order valence-electron chi connectivity index (χ1n) is 13.1. The van der Waals surface area contributed by atoms with Crippen LogP contribution in [0.2, 0.25) is 10.0 Å². The molecule has 0 saturated carbocycles. The third-order valence-corrected chi connectivity index (χ3v) is 9.45. The van der Waals surface area contributed by atoms with E-state index in [1.54, 1.807) is 30.0 Å². The Morgan fingerprint density at radius 1 is 1.20 bits per heavy atom. The molecule has 0 radical (unpaired) electrons. The number of benzene rings is 2. The summed E-state index contributed by atoms with van der Waals surface area (Å²) < 4.78 is 40.2. The Morgan fingerprint density at radius 2 is 1.93 bits per heavy atom. The third kappa shape index (κ3) is 6.98. The number of hydrogen-bond donors (Lipinski definition) is 2. The molecule has 0 unspecified atom stereocenters. The molecule has 13 heteroatoms. The lowest BCUT2D eigenvalue weighted by Gasteiger charge is -2.38. The number of likely N-dealkylation sites (N-methyl/N-ethyl adjacent to an activating group) is 1. The molecular formula is C28H34Cl2N4O6S. The van der Waals surface area contributed by atoms with Crippen molar-refractivity contribution in [2.24, 2.45) is 5.92 Å². The van der Waals surface area contributed by atoms with Crippen molar-refractivity contribution in [1.29, 1.82) is 0 Å². The summed E-state index contributed by atoms with van der Waals surface area (Å²) in [5.74, 6) is 0.0276. The third-order valence-electron chi connectivity index (χ3n) is 7.08. The van der Waals surface area contributed by atoms with Gasteiger partial charge >= 0.3 is 0 Å². The predicted octanol–water partition coefficient (Wildman–Crippen LogP) is 4.75. The van der Waals surface area contributed by atoms with Gasteiger partial charge in [-0.05, 0) is 63.7 Å². The lowest BCUT2D eigenvalue weighted by molar-refractivity contribution is 0.0341. The Bertz CT molecular complexity index is 1510. The van der Waals surface area contributed by atoms with Crippen LogP contribution in [0.1, 0.15) is 41.2 Å². The Labute approximate surface area is 250 Å². The summed E-state index contributed by atoms with van der Waals surface area (Å²) >= 11 is 12.3. The minimum atomic E-state index is -4.03. The molecule has 0 fully saturated rings. The summed E-state index contributed by atoms with van der Waals surface area (Å²) in [7, 11) is -2.07. The quantitative estimate of drug-likeness (QED) is 0.349. The van der Waals surface area contributed by atoms with Crippen LogP contribution < -0.4 is 9.46 Å². The summed E-state index contributed by atoms with van der Waals surface area (Å²) in [6.45, 7) is 8.04. The first-order chi connectivity index (χ1) is 19.3. The number of fused-ring (bicyclic) bond motifs is 1. The van der Waals surface area contributed by atoms with Crippen LogP contribution in [0.25, 0.3) is 0 Å². The number of aryl methyl sites for hydroxylation is 2. The molecule has 10 nitrogen and oxygen atoms in total. The molecule has 222 valence electrons. The van der Waals surface area contributed by atoms with Crippen molar-refractivity contribution in [3.63, 3.8) is 0 Å². The molecule has 1 aromatic heterocycles. The molecular weight excluding hydrogens is 591 g/mol. The van der Waals surface area contributed by atoms with Crippen LogP contribution in [0.5, 0.6) is 5.75 Å². The first kappa shape index (κ1) is 31.1. The van der Waals surface area contributed by atoms with Gasteiger partial charge in [-0.3, -0.25) is 14.4 Å². The molecule has 2 N–H and O–H groups in total. The maximum Gasteiger partial charge on any atom is 0.267 e. The van der Waals surface area contributed by atoms with Crippen LogP contribution in [-0.2, 0) is 16.6 Å². The van der Waals surface area contributed by atoms with E-state index in [2.05, 4.69) is 14.8 Å². The first-order valence-corrected chi connectivity index (χ1v) is 15.3. The van der Waals surface area contributed by atoms with Crippen molar-refractivity contribution in [2.75, 3.05) is 31.5 Å². The number of aromatic nitrogens is 1. The van der Waals surface area contributed by atoms with E-state index in [9.17, 15) is 18.3 Å². The zero-order chi connectivity index (χ0) is 30.1. The zero-order valence-electron chi connectivity index (χ0n) is 23.5. The number of rotatable bonds is 9. The van der Waals surface area contributed by atoms with Crippen LogP contribution in [0.3, 0.4) is 0 Å². The summed E-state index contributed by atoms with van der Waals surface area (Å²) in [6.07, 6.45) is -0.326. The lowest BCUT2D eigenvalue weighted by Crippen LogP contribution is -2.49. The van der Waals surface area contributed by atoms with Crippen molar-refractivity contribution in [1.82, 2.24) is 15.0 Å². The highest BCUT2D eigenvalue weighted by Crippen LogP contribution is 2.32. The van der Waals surface area contributed by atoms with Gasteiger partial charge in [0.15, 0.2) is 10.7 Å². The normalized spacial score (nSPS) is 18.5. The topological polar surface area (TPSA) is 125 Å². The fourth-order valence-electron chi connectivity index (χ4n) is 4.89. The Kier molecular flexibility index (Phi) is 9.55. The van der Waals surface area contributed by atoms with Crippen molar-refractivity contribution in [3.8, 4) is 5.75 Å². The van der Waals surface area contributed by atoms with E-state index in [0.29, 0.717) is 35.4 Å². The highest BCUT2D eigenvalue weighted by molar-refractivity contribution is 7.92. The second-order valence-electron chi connectivity index (χ2n) is 10.5. The molecule has 0 bridgehead atoms. The minimum Gasteiger partial charge on any atom is -0.488 e. The molecule has 1 aliphatic heterocycles. The number of ether oxygens (including phenoxy) is 1. The smallest absolute Gasteiger partial charge is 0.267 e.